The van der Waals surface area contributed by atoms with Crippen molar-refractivity contribution in [2.45, 2.75) is 26.4 Å². The maximum atomic E-state index is 13.1. The Bertz CT molecular complexity index is 1280. The monoisotopic (exact) mass is 491 g/mol. The van der Waals surface area contributed by atoms with E-state index in [1.165, 1.54) is 0 Å². The van der Waals surface area contributed by atoms with E-state index >= 15 is 0 Å². The molecule has 1 atom stereocenters. The van der Waals surface area contributed by atoms with Gasteiger partial charge in [0.05, 0.1) is 18.3 Å². The summed E-state index contributed by atoms with van der Waals surface area (Å²) in [5, 5.41) is 18.3. The number of amides is 4. The van der Waals surface area contributed by atoms with Crippen molar-refractivity contribution in [3.63, 3.8) is 0 Å². The number of carbonyl (C=O) groups is 3. The number of urea groups is 1. The Morgan fingerprint density at radius 2 is 1.97 bits per heavy atom. The van der Waals surface area contributed by atoms with E-state index in [1.807, 2.05) is 55.9 Å². The van der Waals surface area contributed by atoms with Crippen molar-refractivity contribution in [1.29, 1.82) is 0 Å². The van der Waals surface area contributed by atoms with Gasteiger partial charge in [0.25, 0.3) is 5.91 Å². The van der Waals surface area contributed by atoms with Crippen molar-refractivity contribution < 1.29 is 24.2 Å². The second kappa shape index (κ2) is 10.6. The Morgan fingerprint density at radius 1 is 1.22 bits per heavy atom. The summed E-state index contributed by atoms with van der Waals surface area (Å²) in [5.41, 5.74) is 6.18. The van der Waals surface area contributed by atoms with Crippen LogP contribution >= 0.6 is 0 Å². The molecule has 2 aromatic carbocycles. The molecule has 10 heteroatoms. The van der Waals surface area contributed by atoms with Crippen molar-refractivity contribution in [1.82, 2.24) is 25.3 Å². The molecule has 0 fully saturated rings. The van der Waals surface area contributed by atoms with Crippen LogP contribution < -0.4 is 15.4 Å². The summed E-state index contributed by atoms with van der Waals surface area (Å²) in [5.74, 6) is 0.329. The van der Waals surface area contributed by atoms with Crippen LogP contribution in [0.4, 0.5) is 4.79 Å². The molecule has 1 aromatic heterocycles. The van der Waals surface area contributed by atoms with Crippen LogP contribution in [0.2, 0.25) is 0 Å². The number of ether oxygens (including phenoxy) is 1. The van der Waals surface area contributed by atoms with Crippen LogP contribution in [-0.4, -0.2) is 57.9 Å². The quantitative estimate of drug-likeness (QED) is 0.394. The van der Waals surface area contributed by atoms with E-state index in [0.717, 1.165) is 33.6 Å². The van der Waals surface area contributed by atoms with Gasteiger partial charge in [0.15, 0.2) is 0 Å². The number of hydrogen-bond acceptors (Lipinski definition) is 6. The summed E-state index contributed by atoms with van der Waals surface area (Å²) in [6.45, 7) is 4.58. The molecule has 4 amide bonds. The van der Waals surface area contributed by atoms with Gasteiger partial charge in [-0.3, -0.25) is 19.6 Å². The van der Waals surface area contributed by atoms with Crippen LogP contribution in [0.1, 0.15) is 38.9 Å². The zero-order valence-corrected chi connectivity index (χ0v) is 20.4. The Balaban J connectivity index is 1.57. The largest absolute Gasteiger partial charge is 0.491 e. The summed E-state index contributed by atoms with van der Waals surface area (Å²) in [4.78, 5) is 37.8. The molecule has 10 nitrogen and oxygen atoms in total. The van der Waals surface area contributed by atoms with Crippen LogP contribution in [0, 0.1) is 13.8 Å². The number of rotatable bonds is 9. The first-order valence-electron chi connectivity index (χ1n) is 11.6. The minimum absolute atomic E-state index is 0.119. The van der Waals surface area contributed by atoms with E-state index in [2.05, 4.69) is 15.7 Å². The van der Waals surface area contributed by atoms with Gasteiger partial charge in [-0.25, -0.2) is 4.79 Å². The number of hydrogen-bond donors (Lipinski definition) is 3. The number of aromatic nitrogens is 2. The molecule has 0 spiro atoms. The molecule has 0 bridgehead atoms. The van der Waals surface area contributed by atoms with Crippen LogP contribution in [0.5, 0.6) is 5.75 Å². The molecule has 1 aliphatic rings. The molecule has 0 unspecified atom stereocenters. The summed E-state index contributed by atoms with van der Waals surface area (Å²) >= 11 is 0. The van der Waals surface area contributed by atoms with Gasteiger partial charge in [0, 0.05) is 37.0 Å². The highest BCUT2D eigenvalue weighted by Crippen LogP contribution is 2.30. The lowest BCUT2D eigenvalue weighted by atomic mass is 9.99. The molecule has 4 rings (SSSR count). The highest BCUT2D eigenvalue weighted by Gasteiger charge is 2.30. The predicted molar refractivity (Wildman–Crippen MR) is 132 cm³/mol. The van der Waals surface area contributed by atoms with E-state index in [9.17, 15) is 14.4 Å². The maximum Gasteiger partial charge on any atom is 0.321 e. The van der Waals surface area contributed by atoms with Gasteiger partial charge >= 0.3 is 6.03 Å². The number of nitrogens with one attached hydrogen (secondary N) is 2. The number of benzene rings is 2. The Kier molecular flexibility index (Phi) is 7.35. The number of fused-ring (bicyclic) bond motifs is 1. The van der Waals surface area contributed by atoms with E-state index in [4.69, 9.17) is 9.84 Å². The van der Waals surface area contributed by atoms with E-state index in [0.29, 0.717) is 24.3 Å². The van der Waals surface area contributed by atoms with Crippen LogP contribution in [0.15, 0.2) is 42.5 Å². The van der Waals surface area contributed by atoms with Crippen LogP contribution in [0.3, 0.4) is 0 Å². The van der Waals surface area contributed by atoms with Gasteiger partial charge in [-0.2, -0.15) is 5.10 Å². The average molecular weight is 492 g/mol. The first kappa shape index (κ1) is 24.9. The number of aliphatic hydroxyl groups is 1. The SMILES string of the molecule is Cc1nn(C)c(C)c1-c1ccc([C@H](CN2Cc3ccc(OCCO)cc3C2=O)NC(=O)NC=O)cc1. The number of imide groups is 1. The van der Waals surface area contributed by atoms with Crippen molar-refractivity contribution >= 4 is 18.3 Å². The standard InChI is InChI=1S/C26H29N5O5/c1-16-24(17(2)30(3)29-16)19-6-4-18(5-7-19)23(28-26(35)27-15-33)14-31-13-20-8-9-21(36-11-10-32)12-22(20)25(31)34/h4-9,12,15,23,32H,10-11,13-14H2,1-3H3,(H2,27,28,33,35)/t23-/m0/s1. The minimum Gasteiger partial charge on any atom is -0.491 e. The van der Waals surface area contributed by atoms with Gasteiger partial charge < -0.3 is 20.1 Å². The molecule has 36 heavy (non-hydrogen) atoms. The third kappa shape index (κ3) is 5.08. The molecule has 188 valence electrons. The summed E-state index contributed by atoms with van der Waals surface area (Å²) in [6, 6.07) is 11.8. The van der Waals surface area contributed by atoms with Gasteiger partial charge in [-0.15, -0.1) is 0 Å². The highest BCUT2D eigenvalue weighted by molar-refractivity contribution is 5.98. The Morgan fingerprint density at radius 3 is 2.61 bits per heavy atom. The van der Waals surface area contributed by atoms with Crippen molar-refractivity contribution in [3.8, 4) is 16.9 Å². The van der Waals surface area contributed by atoms with Gasteiger partial charge in [0.1, 0.15) is 12.4 Å². The average Bonchev–Trinajstić information content (AvgIpc) is 3.31. The first-order chi connectivity index (χ1) is 17.3. The summed E-state index contributed by atoms with van der Waals surface area (Å²) in [7, 11) is 1.90. The molecule has 3 N–H and O–H groups in total. The zero-order chi connectivity index (χ0) is 25.8. The summed E-state index contributed by atoms with van der Waals surface area (Å²) in [6.07, 6.45) is 0.314. The van der Waals surface area contributed by atoms with Crippen LogP contribution in [-0.2, 0) is 18.4 Å². The van der Waals surface area contributed by atoms with E-state index < -0.39 is 12.1 Å². The number of carbonyl (C=O) groups excluding carboxylic acids is 3. The fourth-order valence-electron chi connectivity index (χ4n) is 4.52. The molecule has 0 saturated heterocycles. The number of aliphatic hydroxyl groups excluding tert-OH is 1. The molecule has 0 aliphatic carbocycles. The minimum atomic E-state index is -0.651. The number of nitrogens with zero attached hydrogens (tertiary/aromatic N) is 3. The Labute approximate surface area is 208 Å². The molecular formula is C26H29N5O5. The van der Waals surface area contributed by atoms with E-state index in [-0.39, 0.29) is 25.7 Å². The highest BCUT2D eigenvalue weighted by atomic mass is 16.5. The van der Waals surface area contributed by atoms with Gasteiger partial charge in [-0.1, -0.05) is 30.3 Å². The lowest BCUT2D eigenvalue weighted by Gasteiger charge is -2.25. The van der Waals surface area contributed by atoms with Crippen LogP contribution in [0.25, 0.3) is 11.1 Å². The molecule has 0 saturated carbocycles. The second-order valence-corrected chi connectivity index (χ2v) is 8.66. The third-order valence-electron chi connectivity index (χ3n) is 6.33. The molecule has 2 heterocycles. The molecular weight excluding hydrogens is 462 g/mol. The fourth-order valence-corrected chi connectivity index (χ4v) is 4.52. The lowest BCUT2D eigenvalue weighted by molar-refractivity contribution is -0.108. The topological polar surface area (TPSA) is 126 Å². The summed E-state index contributed by atoms with van der Waals surface area (Å²) < 4.78 is 7.27. The Hall–Kier alpha value is -4.18. The molecule has 3 aromatic rings. The van der Waals surface area contributed by atoms with E-state index in [1.54, 1.807) is 17.0 Å². The van der Waals surface area contributed by atoms with Gasteiger partial charge in [0.2, 0.25) is 6.41 Å². The zero-order valence-electron chi connectivity index (χ0n) is 20.4. The first-order valence-corrected chi connectivity index (χ1v) is 11.6. The van der Waals surface area contributed by atoms with Crippen molar-refractivity contribution in [2.24, 2.45) is 7.05 Å². The van der Waals surface area contributed by atoms with Crippen molar-refractivity contribution in [2.75, 3.05) is 19.8 Å². The second-order valence-electron chi connectivity index (χ2n) is 8.66. The maximum absolute atomic E-state index is 13.1. The number of aryl methyl sites for hydroxylation is 2. The lowest BCUT2D eigenvalue weighted by Crippen LogP contribution is -2.42. The smallest absolute Gasteiger partial charge is 0.321 e. The molecule has 1 aliphatic heterocycles. The van der Waals surface area contributed by atoms with Crippen molar-refractivity contribution in [3.05, 3.63) is 70.5 Å². The van der Waals surface area contributed by atoms with Gasteiger partial charge in [-0.05, 0) is 42.7 Å². The third-order valence-corrected chi connectivity index (χ3v) is 6.33. The normalized spacial score (nSPS) is 13.3. The molecule has 0 radical (unpaired) electrons. The predicted octanol–water partition coefficient (Wildman–Crippen LogP) is 2.23. The fraction of sp³-hybridized carbons (Fsp3) is 0.308.